The molecule has 1 N–H and O–H groups in total. The third kappa shape index (κ3) is 4.80. The number of anilines is 1. The third-order valence-electron chi connectivity index (χ3n) is 4.88. The van der Waals surface area contributed by atoms with E-state index in [1.807, 2.05) is 13.0 Å². The molecule has 2 aromatic rings. The summed E-state index contributed by atoms with van der Waals surface area (Å²) in [5.74, 6) is -0.399. The molecule has 150 valence electrons. The second-order valence-corrected chi connectivity index (χ2v) is 9.76. The number of halogens is 2. The summed E-state index contributed by atoms with van der Waals surface area (Å²) in [6.07, 6.45) is 4.37. The molecule has 3 rings (SSSR count). The monoisotopic (exact) mass is 440 g/mol. The number of rotatable bonds is 6. The van der Waals surface area contributed by atoms with E-state index in [1.165, 1.54) is 29.3 Å². The van der Waals surface area contributed by atoms with Crippen LogP contribution in [-0.2, 0) is 27.7 Å². The van der Waals surface area contributed by atoms with Gasteiger partial charge in [0.1, 0.15) is 6.54 Å². The maximum absolute atomic E-state index is 12.6. The van der Waals surface area contributed by atoms with Crippen LogP contribution in [0.2, 0.25) is 10.0 Å². The Morgan fingerprint density at radius 1 is 1.11 bits per heavy atom. The Bertz CT molecular complexity index is 1010. The Hall–Kier alpha value is -1.76. The van der Waals surface area contributed by atoms with Crippen molar-refractivity contribution in [3.63, 3.8) is 0 Å². The number of carbonyl (C=O) groups excluding carboxylic acids is 1. The van der Waals surface area contributed by atoms with Gasteiger partial charge in [0.2, 0.25) is 15.9 Å². The summed E-state index contributed by atoms with van der Waals surface area (Å²) in [7, 11) is -3.68. The van der Waals surface area contributed by atoms with E-state index < -0.39 is 15.9 Å². The molecule has 0 aromatic heterocycles. The van der Waals surface area contributed by atoms with Crippen LogP contribution in [0.1, 0.15) is 36.1 Å². The van der Waals surface area contributed by atoms with Gasteiger partial charge in [0.15, 0.2) is 0 Å². The minimum absolute atomic E-state index is 0.222. The van der Waals surface area contributed by atoms with Crippen molar-refractivity contribution in [2.45, 2.75) is 32.2 Å². The van der Waals surface area contributed by atoms with Crippen LogP contribution in [-0.4, -0.2) is 27.1 Å². The first-order valence-corrected chi connectivity index (χ1v) is 11.6. The van der Waals surface area contributed by atoms with Crippen molar-refractivity contribution in [3.8, 4) is 0 Å². The standard InChI is InChI=1S/C20H22Cl2N2O3S/c1-13(15-7-6-14-4-3-5-16(14)10-15)23-20(25)12-24(28(2,26)27)17-8-9-18(21)19(22)11-17/h6-11,13H,3-5,12H2,1-2H3,(H,23,25)/t13-/m1/s1. The lowest BCUT2D eigenvalue weighted by molar-refractivity contribution is -0.120. The molecular weight excluding hydrogens is 419 g/mol. The van der Waals surface area contributed by atoms with Crippen molar-refractivity contribution in [2.24, 2.45) is 0 Å². The first-order valence-electron chi connectivity index (χ1n) is 8.99. The normalized spacial score (nSPS) is 14.4. The minimum atomic E-state index is -3.68. The van der Waals surface area contributed by atoms with Crippen molar-refractivity contribution < 1.29 is 13.2 Å². The zero-order chi connectivity index (χ0) is 20.5. The van der Waals surface area contributed by atoms with Crippen molar-refractivity contribution in [1.82, 2.24) is 5.32 Å². The number of fused-ring (bicyclic) bond motifs is 1. The van der Waals surface area contributed by atoms with Crippen LogP contribution in [0.15, 0.2) is 36.4 Å². The molecule has 1 atom stereocenters. The summed E-state index contributed by atoms with van der Waals surface area (Å²) in [6.45, 7) is 1.55. The largest absolute Gasteiger partial charge is 0.348 e. The fraction of sp³-hybridized carbons (Fsp3) is 0.350. The number of hydrogen-bond acceptors (Lipinski definition) is 3. The first-order chi connectivity index (χ1) is 13.1. The van der Waals surface area contributed by atoms with Crippen molar-refractivity contribution in [3.05, 3.63) is 63.1 Å². The van der Waals surface area contributed by atoms with Gasteiger partial charge in [-0.3, -0.25) is 9.10 Å². The quantitative estimate of drug-likeness (QED) is 0.733. The van der Waals surface area contributed by atoms with Crippen molar-refractivity contribution >= 4 is 44.8 Å². The zero-order valence-corrected chi connectivity index (χ0v) is 18.0. The van der Waals surface area contributed by atoms with Crippen molar-refractivity contribution in [1.29, 1.82) is 0 Å². The molecule has 0 saturated carbocycles. The molecule has 0 heterocycles. The molecule has 2 aromatic carbocycles. The molecule has 0 fully saturated rings. The lowest BCUT2D eigenvalue weighted by Crippen LogP contribution is -2.41. The number of sulfonamides is 1. The molecule has 1 aliphatic rings. The van der Waals surface area contributed by atoms with Gasteiger partial charge in [-0.25, -0.2) is 8.42 Å². The van der Waals surface area contributed by atoms with Crippen LogP contribution >= 0.6 is 23.2 Å². The summed E-state index contributed by atoms with van der Waals surface area (Å²) >= 11 is 11.9. The van der Waals surface area contributed by atoms with Crippen LogP contribution in [0, 0.1) is 0 Å². The minimum Gasteiger partial charge on any atom is -0.348 e. The molecule has 5 nitrogen and oxygen atoms in total. The molecule has 0 spiro atoms. The van der Waals surface area contributed by atoms with Crippen LogP contribution < -0.4 is 9.62 Å². The Morgan fingerprint density at radius 3 is 2.50 bits per heavy atom. The summed E-state index contributed by atoms with van der Waals surface area (Å²) in [6, 6.07) is 10.5. The second kappa shape index (κ2) is 8.31. The van der Waals surface area contributed by atoms with E-state index in [0.717, 1.165) is 35.4 Å². The molecule has 28 heavy (non-hydrogen) atoms. The zero-order valence-electron chi connectivity index (χ0n) is 15.7. The average Bonchev–Trinajstić information content (AvgIpc) is 3.09. The van der Waals surface area contributed by atoms with Crippen molar-refractivity contribution in [2.75, 3.05) is 17.1 Å². The van der Waals surface area contributed by atoms with Crippen LogP contribution in [0.25, 0.3) is 0 Å². The number of nitrogens with one attached hydrogen (secondary N) is 1. The van der Waals surface area contributed by atoms with E-state index in [-0.39, 0.29) is 23.3 Å². The van der Waals surface area contributed by atoms with E-state index in [4.69, 9.17) is 23.2 Å². The number of carbonyl (C=O) groups is 1. The Labute approximate surface area is 175 Å². The molecule has 1 amide bonds. The topological polar surface area (TPSA) is 66.5 Å². The van der Waals surface area contributed by atoms with Gasteiger partial charge in [-0.1, -0.05) is 41.4 Å². The predicted octanol–water partition coefficient (Wildman–Crippen LogP) is 4.13. The number of amides is 1. The van der Waals surface area contributed by atoms with Crippen LogP contribution in [0.5, 0.6) is 0 Å². The molecule has 0 aliphatic heterocycles. The maximum Gasteiger partial charge on any atom is 0.241 e. The molecule has 0 saturated heterocycles. The van der Waals surface area contributed by atoms with E-state index >= 15 is 0 Å². The molecule has 0 radical (unpaired) electrons. The molecular formula is C20H22Cl2N2O3S. The lowest BCUT2D eigenvalue weighted by atomic mass is 10.0. The number of benzene rings is 2. The van der Waals surface area contributed by atoms with Crippen LogP contribution in [0.4, 0.5) is 5.69 Å². The van der Waals surface area contributed by atoms with Gasteiger partial charge in [0.05, 0.1) is 28.0 Å². The third-order valence-corrected chi connectivity index (χ3v) is 6.76. The first kappa shape index (κ1) is 21.0. The smallest absolute Gasteiger partial charge is 0.241 e. The summed E-state index contributed by atoms with van der Waals surface area (Å²) in [4.78, 5) is 12.6. The summed E-state index contributed by atoms with van der Waals surface area (Å²) < 4.78 is 25.4. The van der Waals surface area contributed by atoms with E-state index in [0.29, 0.717) is 5.02 Å². The van der Waals surface area contributed by atoms with Gasteiger partial charge < -0.3 is 5.32 Å². The molecule has 0 bridgehead atoms. The van der Waals surface area contributed by atoms with E-state index in [2.05, 4.69) is 17.4 Å². The van der Waals surface area contributed by atoms with E-state index in [9.17, 15) is 13.2 Å². The van der Waals surface area contributed by atoms with Crippen LogP contribution in [0.3, 0.4) is 0 Å². The van der Waals surface area contributed by atoms with Gasteiger partial charge in [-0.05, 0) is 61.1 Å². The number of aryl methyl sites for hydroxylation is 2. The Balaban J connectivity index is 1.74. The van der Waals surface area contributed by atoms with Gasteiger partial charge >= 0.3 is 0 Å². The highest BCUT2D eigenvalue weighted by Crippen LogP contribution is 2.29. The lowest BCUT2D eigenvalue weighted by Gasteiger charge is -2.23. The summed E-state index contributed by atoms with van der Waals surface area (Å²) in [5, 5.41) is 3.42. The Kier molecular flexibility index (Phi) is 6.22. The maximum atomic E-state index is 12.6. The highest BCUT2D eigenvalue weighted by atomic mass is 35.5. The van der Waals surface area contributed by atoms with E-state index in [1.54, 1.807) is 0 Å². The van der Waals surface area contributed by atoms with Gasteiger partial charge in [0.25, 0.3) is 0 Å². The van der Waals surface area contributed by atoms with Gasteiger partial charge in [0, 0.05) is 0 Å². The Morgan fingerprint density at radius 2 is 1.82 bits per heavy atom. The molecule has 8 heteroatoms. The SMILES string of the molecule is C[C@@H](NC(=O)CN(c1ccc(Cl)c(Cl)c1)S(C)(=O)=O)c1ccc2c(c1)CCC2. The molecule has 1 aliphatic carbocycles. The fourth-order valence-electron chi connectivity index (χ4n) is 3.40. The second-order valence-electron chi connectivity index (χ2n) is 7.04. The van der Waals surface area contributed by atoms with Gasteiger partial charge in [-0.2, -0.15) is 0 Å². The fourth-order valence-corrected chi connectivity index (χ4v) is 4.54. The average molecular weight is 441 g/mol. The van der Waals surface area contributed by atoms with Gasteiger partial charge in [-0.15, -0.1) is 0 Å². The number of nitrogens with zero attached hydrogens (tertiary/aromatic N) is 1. The molecule has 0 unspecified atom stereocenters. The number of hydrogen-bond donors (Lipinski definition) is 1. The highest BCUT2D eigenvalue weighted by Gasteiger charge is 2.23. The predicted molar refractivity (Wildman–Crippen MR) is 114 cm³/mol. The summed E-state index contributed by atoms with van der Waals surface area (Å²) in [5.41, 5.74) is 3.99. The highest BCUT2D eigenvalue weighted by molar-refractivity contribution is 7.92.